The minimum absolute atomic E-state index is 0.00632. The normalized spacial score (nSPS) is 19.7. The van der Waals surface area contributed by atoms with Gasteiger partial charge in [-0.1, -0.05) is 61.7 Å². The van der Waals surface area contributed by atoms with Crippen molar-refractivity contribution in [1.82, 2.24) is 0 Å². The number of aliphatic imine (C=N–C) groups is 1. The summed E-state index contributed by atoms with van der Waals surface area (Å²) in [6, 6.07) is 8.10. The number of hydrogen-bond acceptors (Lipinski definition) is 3. The number of carbonyl (C=O) groups is 1. The van der Waals surface area contributed by atoms with Crippen molar-refractivity contribution in [3.63, 3.8) is 0 Å². The summed E-state index contributed by atoms with van der Waals surface area (Å²) in [4.78, 5) is 15.0. The molecule has 5 heteroatoms. The van der Waals surface area contributed by atoms with E-state index in [0.717, 1.165) is 29.9 Å². The largest absolute Gasteiger partial charge is 0.491 e. The van der Waals surface area contributed by atoms with Crippen molar-refractivity contribution in [3.05, 3.63) is 79.1 Å². The zero-order chi connectivity index (χ0) is 21.6. The van der Waals surface area contributed by atoms with Gasteiger partial charge in [0.05, 0.1) is 20.0 Å². The summed E-state index contributed by atoms with van der Waals surface area (Å²) in [7, 11) is 0.500. The number of alkyl halides is 1. The van der Waals surface area contributed by atoms with Crippen LogP contribution in [0.15, 0.2) is 72.9 Å². The second-order valence-corrected chi connectivity index (χ2v) is 6.76. The molecule has 2 atom stereocenters. The van der Waals surface area contributed by atoms with Crippen LogP contribution in [0.1, 0.15) is 36.3 Å². The minimum Gasteiger partial charge on any atom is -0.491 e. The molecule has 0 radical (unpaired) electrons. The molecule has 1 amide bonds. The van der Waals surface area contributed by atoms with Crippen molar-refractivity contribution in [1.29, 1.82) is 0 Å². The number of rotatable bonds is 9. The van der Waals surface area contributed by atoms with Gasteiger partial charge in [0, 0.05) is 11.5 Å². The van der Waals surface area contributed by atoms with Crippen LogP contribution in [0.3, 0.4) is 0 Å². The summed E-state index contributed by atoms with van der Waals surface area (Å²) >= 11 is 0. The van der Waals surface area contributed by atoms with E-state index in [1.54, 1.807) is 18.4 Å². The molecule has 1 aromatic rings. The number of allylic oxidation sites excluding steroid dienone is 4. The van der Waals surface area contributed by atoms with Gasteiger partial charge >= 0.3 is 0 Å². The highest BCUT2D eigenvalue weighted by molar-refractivity contribution is 5.81. The molecule has 2 aliphatic carbocycles. The summed E-state index contributed by atoms with van der Waals surface area (Å²) in [5.41, 5.74) is 7.48. The summed E-state index contributed by atoms with van der Waals surface area (Å²) in [6.45, 7) is 11.2. The molecule has 1 aromatic carbocycles. The van der Waals surface area contributed by atoms with Gasteiger partial charge < -0.3 is 10.5 Å². The maximum Gasteiger partial charge on any atom is 0.221 e. The fourth-order valence-corrected chi connectivity index (χ4v) is 2.70. The molecule has 0 heterocycles. The zero-order valence-electron chi connectivity index (χ0n) is 17.1. The van der Waals surface area contributed by atoms with Crippen LogP contribution in [-0.4, -0.2) is 26.4 Å². The van der Waals surface area contributed by atoms with Crippen LogP contribution >= 0.6 is 0 Å². The highest BCUT2D eigenvalue weighted by Gasteiger charge is 2.42. The first kappa shape index (κ1) is 24.1. The molecule has 3 rings (SSSR count). The molecule has 156 valence electrons. The van der Waals surface area contributed by atoms with Gasteiger partial charge in [-0.05, 0) is 43.4 Å². The van der Waals surface area contributed by atoms with Crippen LogP contribution < -0.4 is 5.73 Å². The van der Waals surface area contributed by atoms with Crippen molar-refractivity contribution in [2.75, 3.05) is 13.8 Å². The number of carbonyl (C=O) groups excluding carboxylic acids is 1. The fraction of sp³-hybridized carbons (Fsp3) is 0.333. The Hall–Kier alpha value is -2.95. The molecule has 0 aliphatic heterocycles. The Kier molecular flexibility index (Phi) is 11.0. The standard InChI is InChI=1S/C17H20N2O2.C6H8.CH3F/c1-19-9-16(21-10-11-2-3-11)13-6-4-12(5-7-13)14-8-15(14)17(18)20;1-3-5-6-4-2;1-2/h4-7,9,11,14-15H,1-3,8,10H2,(H2,18,20);3-6H,1-2H2;1H3/b16-9-;6-5-;. The van der Waals surface area contributed by atoms with Gasteiger partial charge in [-0.15, -0.1) is 0 Å². The second-order valence-electron chi connectivity index (χ2n) is 6.76. The predicted octanol–water partition coefficient (Wildman–Crippen LogP) is 5.20. The highest BCUT2D eigenvalue weighted by Crippen LogP contribution is 2.47. The van der Waals surface area contributed by atoms with Crippen LogP contribution in [0.25, 0.3) is 5.76 Å². The number of nitrogens with two attached hydrogens (primary N) is 1. The van der Waals surface area contributed by atoms with E-state index < -0.39 is 0 Å². The Balaban J connectivity index is 0.000000454. The number of halogens is 1. The van der Waals surface area contributed by atoms with Crippen LogP contribution in [0, 0.1) is 11.8 Å². The molecule has 2 unspecified atom stereocenters. The van der Waals surface area contributed by atoms with Gasteiger partial charge in [0.25, 0.3) is 0 Å². The zero-order valence-corrected chi connectivity index (χ0v) is 17.1. The van der Waals surface area contributed by atoms with Gasteiger partial charge in [0.1, 0.15) is 5.76 Å². The molecule has 2 aliphatic rings. The number of nitrogens with zero attached hydrogens (tertiary/aromatic N) is 1. The Labute approximate surface area is 173 Å². The Morgan fingerprint density at radius 1 is 1.21 bits per heavy atom. The monoisotopic (exact) mass is 398 g/mol. The number of hydrogen-bond donors (Lipinski definition) is 1. The van der Waals surface area contributed by atoms with Gasteiger partial charge in [-0.2, -0.15) is 0 Å². The number of benzene rings is 1. The third-order valence-corrected chi connectivity index (χ3v) is 4.54. The first-order valence-electron chi connectivity index (χ1n) is 9.57. The van der Waals surface area contributed by atoms with Gasteiger partial charge in [0.2, 0.25) is 5.91 Å². The third-order valence-electron chi connectivity index (χ3n) is 4.54. The van der Waals surface area contributed by atoms with E-state index in [2.05, 4.69) is 24.9 Å². The van der Waals surface area contributed by atoms with Crippen LogP contribution in [0.4, 0.5) is 4.39 Å². The van der Waals surface area contributed by atoms with Crippen molar-refractivity contribution >= 4 is 18.4 Å². The van der Waals surface area contributed by atoms with Crippen molar-refractivity contribution < 1.29 is 13.9 Å². The van der Waals surface area contributed by atoms with Crippen LogP contribution in [0.5, 0.6) is 0 Å². The third kappa shape index (κ3) is 8.73. The molecular weight excluding hydrogens is 367 g/mol. The molecule has 0 bridgehead atoms. The second kappa shape index (κ2) is 13.3. The van der Waals surface area contributed by atoms with Gasteiger partial charge in [0.15, 0.2) is 0 Å². The number of primary amides is 1. The Morgan fingerprint density at radius 2 is 1.79 bits per heavy atom. The Morgan fingerprint density at radius 3 is 2.21 bits per heavy atom. The maximum absolute atomic E-state index is 11.1. The minimum atomic E-state index is -0.201. The molecular formula is C24H31FN2O2. The Bertz CT molecular complexity index is 724. The molecule has 0 spiro atoms. The van der Waals surface area contributed by atoms with E-state index in [1.165, 1.54) is 12.8 Å². The molecule has 0 saturated heterocycles. The lowest BCUT2D eigenvalue weighted by Gasteiger charge is -2.10. The molecule has 2 saturated carbocycles. The lowest BCUT2D eigenvalue weighted by molar-refractivity contribution is -0.119. The molecule has 2 fully saturated rings. The van der Waals surface area contributed by atoms with E-state index in [4.69, 9.17) is 10.5 Å². The molecule has 4 nitrogen and oxygen atoms in total. The SMILES string of the molecule is C=C/C=C\C=C.C=N/C=C(\OCC1CC1)c1ccc(C2CC2C(N)=O)cc1.CF. The predicted molar refractivity (Wildman–Crippen MR) is 119 cm³/mol. The van der Waals surface area contributed by atoms with E-state index in [9.17, 15) is 9.18 Å². The van der Waals surface area contributed by atoms with Crippen LogP contribution in [-0.2, 0) is 9.53 Å². The number of ether oxygens (including phenoxy) is 1. The molecule has 0 aromatic heterocycles. The van der Waals surface area contributed by atoms with E-state index >= 15 is 0 Å². The van der Waals surface area contributed by atoms with Crippen molar-refractivity contribution in [2.45, 2.75) is 25.2 Å². The maximum atomic E-state index is 11.1. The highest BCUT2D eigenvalue weighted by atomic mass is 19.1. The van der Waals surface area contributed by atoms with Crippen molar-refractivity contribution in [2.24, 2.45) is 22.6 Å². The average Bonchev–Trinajstić information content (AvgIpc) is 3.65. The molecule has 29 heavy (non-hydrogen) atoms. The van der Waals surface area contributed by atoms with Crippen LogP contribution in [0.2, 0.25) is 0 Å². The topological polar surface area (TPSA) is 64.7 Å². The smallest absolute Gasteiger partial charge is 0.221 e. The van der Waals surface area contributed by atoms with Crippen molar-refractivity contribution in [3.8, 4) is 0 Å². The summed E-state index contributed by atoms with van der Waals surface area (Å²) in [5, 5.41) is 0. The van der Waals surface area contributed by atoms with Gasteiger partial charge in [-0.25, -0.2) is 0 Å². The first-order chi connectivity index (χ1) is 14.1. The lowest BCUT2D eigenvalue weighted by atomic mass is 10.1. The summed E-state index contributed by atoms with van der Waals surface area (Å²) < 4.78 is 15.3. The fourth-order valence-electron chi connectivity index (χ4n) is 2.70. The van der Waals surface area contributed by atoms with Gasteiger partial charge in [-0.3, -0.25) is 14.2 Å². The first-order valence-corrected chi connectivity index (χ1v) is 9.57. The molecule has 2 N–H and O–H groups in total. The lowest BCUT2D eigenvalue weighted by Crippen LogP contribution is -2.13. The summed E-state index contributed by atoms with van der Waals surface area (Å²) in [6.07, 6.45) is 12.1. The van der Waals surface area contributed by atoms with E-state index in [0.29, 0.717) is 13.1 Å². The average molecular weight is 399 g/mol. The van der Waals surface area contributed by atoms with E-state index in [1.807, 2.05) is 36.4 Å². The number of amides is 1. The quantitative estimate of drug-likeness (QED) is 0.353. The summed E-state index contributed by atoms with van der Waals surface area (Å²) in [5.74, 6) is 1.54. The van der Waals surface area contributed by atoms with E-state index in [-0.39, 0.29) is 17.7 Å².